The number of oxazole rings is 1. The SMILES string of the molecule is O=S(=O)(Nc1oc(Cc2ccccc2)nc1-c1ccc(F)cc1)c1ccccc1. The minimum Gasteiger partial charge on any atom is -0.423 e. The van der Waals surface area contributed by atoms with Crippen LogP contribution in [0.3, 0.4) is 0 Å². The molecule has 1 N–H and O–H groups in total. The predicted octanol–water partition coefficient (Wildman–Crippen LogP) is 4.87. The van der Waals surface area contributed by atoms with Crippen molar-refractivity contribution in [2.45, 2.75) is 11.3 Å². The summed E-state index contributed by atoms with van der Waals surface area (Å²) in [5, 5.41) is 0. The lowest BCUT2D eigenvalue weighted by Gasteiger charge is -2.07. The maximum atomic E-state index is 13.3. The highest BCUT2D eigenvalue weighted by atomic mass is 32.2. The summed E-state index contributed by atoms with van der Waals surface area (Å²) in [6, 6.07) is 23.2. The van der Waals surface area contributed by atoms with Gasteiger partial charge in [0.25, 0.3) is 10.0 Å². The number of hydrogen-bond acceptors (Lipinski definition) is 4. The van der Waals surface area contributed by atoms with Gasteiger partial charge in [0.1, 0.15) is 11.5 Å². The van der Waals surface area contributed by atoms with Crippen LogP contribution >= 0.6 is 0 Å². The third-order valence-electron chi connectivity index (χ3n) is 4.27. The molecule has 0 radical (unpaired) electrons. The van der Waals surface area contributed by atoms with Gasteiger partial charge in [-0.25, -0.2) is 22.5 Å². The topological polar surface area (TPSA) is 72.2 Å². The molecule has 0 aliphatic rings. The van der Waals surface area contributed by atoms with Crippen molar-refractivity contribution < 1.29 is 17.2 Å². The van der Waals surface area contributed by atoms with Crippen molar-refractivity contribution in [3.05, 3.63) is 102 Å². The molecule has 7 heteroatoms. The molecule has 4 rings (SSSR count). The zero-order chi connectivity index (χ0) is 20.3. The van der Waals surface area contributed by atoms with E-state index in [0.29, 0.717) is 23.6 Å². The molecule has 0 saturated carbocycles. The molecule has 146 valence electrons. The van der Waals surface area contributed by atoms with E-state index in [0.717, 1.165) is 5.56 Å². The van der Waals surface area contributed by atoms with E-state index in [-0.39, 0.29) is 10.8 Å². The van der Waals surface area contributed by atoms with Gasteiger partial charge in [0.15, 0.2) is 0 Å². The Kier molecular flexibility index (Phi) is 5.14. The van der Waals surface area contributed by atoms with Crippen molar-refractivity contribution in [3.8, 4) is 11.3 Å². The molecule has 29 heavy (non-hydrogen) atoms. The van der Waals surface area contributed by atoms with E-state index in [1.165, 1.54) is 36.4 Å². The maximum absolute atomic E-state index is 13.3. The van der Waals surface area contributed by atoms with E-state index in [4.69, 9.17) is 4.42 Å². The van der Waals surface area contributed by atoms with E-state index < -0.39 is 15.8 Å². The van der Waals surface area contributed by atoms with Crippen LogP contribution in [0.1, 0.15) is 11.5 Å². The standard InChI is InChI=1S/C22H17FN2O3S/c23-18-13-11-17(12-14-18)21-22(25-29(26,27)19-9-5-2-6-10-19)28-20(24-21)15-16-7-3-1-4-8-16/h1-14,25H,15H2. The Morgan fingerprint density at radius 3 is 2.14 bits per heavy atom. The summed E-state index contributed by atoms with van der Waals surface area (Å²) in [7, 11) is -3.87. The molecule has 0 spiro atoms. The summed E-state index contributed by atoms with van der Waals surface area (Å²) in [6.07, 6.45) is 0.391. The lowest BCUT2D eigenvalue weighted by Crippen LogP contribution is -2.12. The summed E-state index contributed by atoms with van der Waals surface area (Å²) in [4.78, 5) is 4.57. The first-order chi connectivity index (χ1) is 14.0. The lowest BCUT2D eigenvalue weighted by molar-refractivity contribution is 0.521. The first-order valence-electron chi connectivity index (χ1n) is 8.89. The van der Waals surface area contributed by atoms with Gasteiger partial charge in [0.05, 0.1) is 4.90 Å². The summed E-state index contributed by atoms with van der Waals surface area (Å²) in [5.41, 5.74) is 1.81. The molecule has 0 fully saturated rings. The van der Waals surface area contributed by atoms with E-state index in [1.54, 1.807) is 18.2 Å². The molecule has 0 atom stereocenters. The van der Waals surface area contributed by atoms with Crippen LogP contribution in [0.5, 0.6) is 0 Å². The van der Waals surface area contributed by atoms with E-state index >= 15 is 0 Å². The zero-order valence-corrected chi connectivity index (χ0v) is 16.1. The Bertz CT molecular complexity index is 1210. The molecule has 0 saturated heterocycles. The van der Waals surface area contributed by atoms with Crippen molar-refractivity contribution in [3.63, 3.8) is 0 Å². The van der Waals surface area contributed by atoms with Gasteiger partial charge in [-0.05, 0) is 42.0 Å². The molecule has 1 heterocycles. The first-order valence-corrected chi connectivity index (χ1v) is 10.4. The number of nitrogens with zero attached hydrogens (tertiary/aromatic N) is 1. The summed E-state index contributed by atoms with van der Waals surface area (Å²) >= 11 is 0. The summed E-state index contributed by atoms with van der Waals surface area (Å²) in [5.74, 6) is -0.0548. The fraction of sp³-hybridized carbons (Fsp3) is 0.0455. The minimum absolute atomic E-state index is 0.00797. The van der Waals surface area contributed by atoms with Crippen molar-refractivity contribution in [1.82, 2.24) is 4.98 Å². The second-order valence-corrected chi connectivity index (χ2v) is 8.06. The Morgan fingerprint density at radius 2 is 1.48 bits per heavy atom. The van der Waals surface area contributed by atoms with Crippen LogP contribution in [0.4, 0.5) is 10.3 Å². The summed E-state index contributed by atoms with van der Waals surface area (Å²) < 4.78 is 47.1. The fourth-order valence-corrected chi connectivity index (χ4v) is 3.88. The molecule has 4 aromatic rings. The third-order valence-corrected chi connectivity index (χ3v) is 5.61. The van der Waals surface area contributed by atoms with Crippen LogP contribution in [-0.2, 0) is 16.4 Å². The van der Waals surface area contributed by atoms with Gasteiger partial charge in [-0.15, -0.1) is 0 Å². The number of sulfonamides is 1. The van der Waals surface area contributed by atoms with E-state index in [9.17, 15) is 12.8 Å². The van der Waals surface area contributed by atoms with Gasteiger partial charge in [-0.3, -0.25) is 0 Å². The molecule has 3 aromatic carbocycles. The van der Waals surface area contributed by atoms with Gasteiger partial charge in [-0.1, -0.05) is 48.5 Å². The highest BCUT2D eigenvalue weighted by Crippen LogP contribution is 2.31. The highest BCUT2D eigenvalue weighted by molar-refractivity contribution is 7.92. The Balaban J connectivity index is 1.73. The van der Waals surface area contributed by atoms with Crippen molar-refractivity contribution in [1.29, 1.82) is 0 Å². The number of hydrogen-bond donors (Lipinski definition) is 1. The van der Waals surface area contributed by atoms with Gasteiger partial charge in [0, 0.05) is 12.0 Å². The largest absolute Gasteiger partial charge is 0.423 e. The molecule has 0 aliphatic carbocycles. The monoisotopic (exact) mass is 408 g/mol. The Labute approximate surface area is 167 Å². The molecule has 0 aliphatic heterocycles. The van der Waals surface area contributed by atoms with Gasteiger partial charge in [-0.2, -0.15) is 0 Å². The third kappa shape index (κ3) is 4.35. The average molecular weight is 408 g/mol. The quantitative estimate of drug-likeness (QED) is 0.494. The maximum Gasteiger partial charge on any atom is 0.264 e. The molecule has 0 unspecified atom stereocenters. The van der Waals surface area contributed by atoms with Gasteiger partial charge in [0.2, 0.25) is 11.8 Å². The first kappa shape index (κ1) is 18.9. The number of rotatable bonds is 6. The molecule has 0 bridgehead atoms. The molecule has 1 aromatic heterocycles. The van der Waals surface area contributed by atoms with Crippen LogP contribution in [0, 0.1) is 5.82 Å². The van der Waals surface area contributed by atoms with Gasteiger partial charge >= 0.3 is 0 Å². The van der Waals surface area contributed by atoms with Crippen molar-refractivity contribution in [2.24, 2.45) is 0 Å². The van der Waals surface area contributed by atoms with Crippen molar-refractivity contribution in [2.75, 3.05) is 4.72 Å². The zero-order valence-electron chi connectivity index (χ0n) is 15.2. The van der Waals surface area contributed by atoms with Crippen LogP contribution in [0.15, 0.2) is 94.2 Å². The molecule has 5 nitrogen and oxygen atoms in total. The van der Waals surface area contributed by atoms with Crippen molar-refractivity contribution >= 4 is 15.9 Å². The Hall–Kier alpha value is -3.45. The number of benzene rings is 3. The normalized spacial score (nSPS) is 11.3. The van der Waals surface area contributed by atoms with Crippen LogP contribution in [0.2, 0.25) is 0 Å². The van der Waals surface area contributed by atoms with Gasteiger partial charge < -0.3 is 4.42 Å². The minimum atomic E-state index is -3.87. The van der Waals surface area contributed by atoms with Crippen LogP contribution in [-0.4, -0.2) is 13.4 Å². The molecular formula is C22H17FN2O3S. The Morgan fingerprint density at radius 1 is 0.862 bits per heavy atom. The number of nitrogens with one attached hydrogen (secondary N) is 1. The van der Waals surface area contributed by atoms with Crippen LogP contribution < -0.4 is 4.72 Å². The molecular weight excluding hydrogens is 391 g/mol. The lowest BCUT2D eigenvalue weighted by atomic mass is 10.1. The van der Waals surface area contributed by atoms with E-state index in [1.807, 2.05) is 30.3 Å². The predicted molar refractivity (Wildman–Crippen MR) is 108 cm³/mol. The fourth-order valence-electron chi connectivity index (χ4n) is 2.86. The van der Waals surface area contributed by atoms with E-state index in [2.05, 4.69) is 9.71 Å². The number of anilines is 1. The smallest absolute Gasteiger partial charge is 0.264 e. The average Bonchev–Trinajstić information content (AvgIpc) is 3.11. The number of aromatic nitrogens is 1. The second-order valence-electron chi connectivity index (χ2n) is 6.37. The highest BCUT2D eigenvalue weighted by Gasteiger charge is 2.22. The second kappa shape index (κ2) is 7.89. The molecule has 0 amide bonds. The summed E-state index contributed by atoms with van der Waals surface area (Å²) in [6.45, 7) is 0. The number of halogens is 1. The van der Waals surface area contributed by atoms with Crippen LogP contribution in [0.25, 0.3) is 11.3 Å².